The summed E-state index contributed by atoms with van der Waals surface area (Å²) in [5, 5.41) is 13.0. The van der Waals surface area contributed by atoms with Gasteiger partial charge in [0.2, 0.25) is 11.1 Å². The molecule has 0 unspecified atom stereocenters. The van der Waals surface area contributed by atoms with Crippen LogP contribution >= 0.6 is 23.4 Å². The van der Waals surface area contributed by atoms with Crippen molar-refractivity contribution in [3.63, 3.8) is 0 Å². The van der Waals surface area contributed by atoms with Crippen LogP contribution in [0, 0.1) is 0 Å². The van der Waals surface area contributed by atoms with E-state index in [1.165, 1.54) is 11.8 Å². The molecule has 1 aromatic carbocycles. The van der Waals surface area contributed by atoms with E-state index in [1.54, 1.807) is 23.1 Å². The number of nitrogens with zero attached hydrogens (tertiary/aromatic N) is 5. The Labute approximate surface area is 177 Å². The van der Waals surface area contributed by atoms with Crippen molar-refractivity contribution in [2.24, 2.45) is 0 Å². The first-order valence-corrected chi connectivity index (χ1v) is 10.8. The smallest absolute Gasteiger partial charge is 0.237 e. The summed E-state index contributed by atoms with van der Waals surface area (Å²) < 4.78 is 7.07. The zero-order valence-corrected chi connectivity index (χ0v) is 17.3. The maximum absolute atomic E-state index is 13.1. The van der Waals surface area contributed by atoms with Crippen molar-refractivity contribution in [1.29, 1.82) is 0 Å². The van der Waals surface area contributed by atoms with Crippen LogP contribution in [-0.2, 0) is 11.3 Å². The van der Waals surface area contributed by atoms with Gasteiger partial charge in [0.15, 0.2) is 0 Å². The molecule has 0 aliphatic heterocycles. The fourth-order valence-electron chi connectivity index (χ4n) is 3.19. The number of carbonyl (C=O) groups is 1. The molecular weight excluding hydrogens is 410 g/mol. The maximum Gasteiger partial charge on any atom is 0.237 e. The molecule has 0 N–H and O–H groups in total. The molecule has 0 fully saturated rings. The van der Waals surface area contributed by atoms with Crippen molar-refractivity contribution in [1.82, 2.24) is 25.1 Å². The minimum absolute atomic E-state index is 0.00482. The van der Waals surface area contributed by atoms with E-state index in [9.17, 15) is 4.79 Å². The number of hydrogen-bond donors (Lipinski definition) is 0. The first kappa shape index (κ1) is 19.7. The van der Waals surface area contributed by atoms with E-state index in [0.717, 1.165) is 42.8 Å². The zero-order valence-electron chi connectivity index (χ0n) is 15.7. The first-order valence-electron chi connectivity index (χ1n) is 9.39. The Kier molecular flexibility index (Phi) is 6.31. The molecule has 0 spiro atoms. The molecule has 1 aliphatic carbocycles. The van der Waals surface area contributed by atoms with Gasteiger partial charge in [0.05, 0.1) is 24.2 Å². The predicted molar refractivity (Wildman–Crippen MR) is 111 cm³/mol. The molecule has 0 radical (unpaired) electrons. The minimum atomic E-state index is 0.00482. The molecule has 7 nitrogen and oxygen atoms in total. The molecule has 0 saturated carbocycles. The third-order valence-corrected chi connectivity index (χ3v) is 5.80. The lowest BCUT2D eigenvalue weighted by molar-refractivity contribution is -0.127. The SMILES string of the molecule is O=C(CSc1nnnn1-c1ccc(Cl)cc1)N(Cc1ccco1)C1=CCCCC1. The average molecular weight is 430 g/mol. The number of amides is 1. The number of furan rings is 1. The van der Waals surface area contributed by atoms with Crippen LogP contribution < -0.4 is 0 Å². The number of aromatic nitrogens is 4. The Morgan fingerprint density at radius 2 is 2.10 bits per heavy atom. The van der Waals surface area contributed by atoms with E-state index in [2.05, 4.69) is 21.6 Å². The molecular formula is C20H20ClN5O2S. The van der Waals surface area contributed by atoms with Crippen molar-refractivity contribution < 1.29 is 9.21 Å². The van der Waals surface area contributed by atoms with Crippen LogP contribution in [0.2, 0.25) is 5.02 Å². The Balaban J connectivity index is 1.48. The highest BCUT2D eigenvalue weighted by Gasteiger charge is 2.22. The topological polar surface area (TPSA) is 77.1 Å². The second kappa shape index (κ2) is 9.28. The van der Waals surface area contributed by atoms with Crippen LogP contribution in [0.5, 0.6) is 0 Å². The summed E-state index contributed by atoms with van der Waals surface area (Å²) in [5.74, 6) is 0.998. The highest BCUT2D eigenvalue weighted by Crippen LogP contribution is 2.26. The lowest BCUT2D eigenvalue weighted by Crippen LogP contribution is -2.32. The monoisotopic (exact) mass is 429 g/mol. The number of allylic oxidation sites excluding steroid dienone is 2. The van der Waals surface area contributed by atoms with Crippen LogP contribution in [-0.4, -0.2) is 36.8 Å². The third kappa shape index (κ3) is 4.89. The van der Waals surface area contributed by atoms with E-state index < -0.39 is 0 Å². The lowest BCUT2D eigenvalue weighted by Gasteiger charge is -2.27. The first-order chi connectivity index (χ1) is 14.2. The maximum atomic E-state index is 13.1. The molecule has 2 aromatic heterocycles. The van der Waals surface area contributed by atoms with Gasteiger partial charge in [0, 0.05) is 10.7 Å². The molecule has 2 heterocycles. The molecule has 3 aromatic rings. The Hall–Kier alpha value is -2.58. The minimum Gasteiger partial charge on any atom is -0.467 e. The van der Waals surface area contributed by atoms with E-state index in [4.69, 9.17) is 16.0 Å². The highest BCUT2D eigenvalue weighted by molar-refractivity contribution is 7.99. The van der Waals surface area contributed by atoms with Gasteiger partial charge in [-0.2, -0.15) is 4.68 Å². The van der Waals surface area contributed by atoms with Gasteiger partial charge in [-0.05, 0) is 72.5 Å². The summed E-state index contributed by atoms with van der Waals surface area (Å²) >= 11 is 7.26. The number of carbonyl (C=O) groups excluding carboxylic acids is 1. The molecule has 0 bridgehead atoms. The van der Waals surface area contributed by atoms with Gasteiger partial charge in [-0.15, -0.1) is 5.10 Å². The molecule has 1 aliphatic rings. The van der Waals surface area contributed by atoms with Crippen LogP contribution in [0.3, 0.4) is 0 Å². The number of thioether (sulfide) groups is 1. The van der Waals surface area contributed by atoms with Gasteiger partial charge in [0.25, 0.3) is 0 Å². The second-order valence-corrected chi connectivity index (χ2v) is 8.02. The largest absolute Gasteiger partial charge is 0.467 e. The van der Waals surface area contributed by atoms with Crippen molar-refractivity contribution in [2.75, 3.05) is 5.75 Å². The van der Waals surface area contributed by atoms with Gasteiger partial charge in [-0.25, -0.2) is 0 Å². The van der Waals surface area contributed by atoms with Crippen LogP contribution in [0.1, 0.15) is 31.4 Å². The number of rotatable bonds is 7. The standard InChI is InChI=1S/C20H20ClN5O2S/c21-15-8-10-17(11-9-15)26-20(22-23-24-26)29-14-19(27)25(13-18-7-4-12-28-18)16-5-2-1-3-6-16/h4-5,7-12H,1-3,6,13-14H2. The highest BCUT2D eigenvalue weighted by atomic mass is 35.5. The van der Waals surface area contributed by atoms with E-state index >= 15 is 0 Å². The van der Waals surface area contributed by atoms with Crippen molar-refractivity contribution in [3.8, 4) is 5.69 Å². The summed E-state index contributed by atoms with van der Waals surface area (Å²) in [6.45, 7) is 0.431. The van der Waals surface area contributed by atoms with Gasteiger partial charge in [-0.3, -0.25) is 4.79 Å². The van der Waals surface area contributed by atoms with Crippen molar-refractivity contribution in [2.45, 2.75) is 37.4 Å². The second-order valence-electron chi connectivity index (χ2n) is 6.64. The van der Waals surface area contributed by atoms with Crippen LogP contribution in [0.4, 0.5) is 0 Å². The average Bonchev–Trinajstić information content (AvgIpc) is 3.43. The molecule has 0 saturated heterocycles. The number of benzene rings is 1. The Morgan fingerprint density at radius 1 is 1.24 bits per heavy atom. The fraction of sp³-hybridized carbons (Fsp3) is 0.300. The van der Waals surface area contributed by atoms with Gasteiger partial charge in [0.1, 0.15) is 5.76 Å². The summed E-state index contributed by atoms with van der Waals surface area (Å²) in [6.07, 6.45) is 7.94. The zero-order chi connectivity index (χ0) is 20.1. The normalized spacial score (nSPS) is 13.9. The van der Waals surface area contributed by atoms with E-state index in [-0.39, 0.29) is 11.7 Å². The van der Waals surface area contributed by atoms with Gasteiger partial charge < -0.3 is 9.32 Å². The lowest BCUT2D eigenvalue weighted by atomic mass is 10.0. The molecule has 29 heavy (non-hydrogen) atoms. The predicted octanol–water partition coefficient (Wildman–Crippen LogP) is 4.49. The molecule has 1 amide bonds. The summed E-state index contributed by atoms with van der Waals surface area (Å²) in [6, 6.07) is 10.9. The van der Waals surface area contributed by atoms with Crippen LogP contribution in [0.25, 0.3) is 5.69 Å². The Morgan fingerprint density at radius 3 is 2.83 bits per heavy atom. The molecule has 0 atom stereocenters. The number of halogens is 1. The van der Waals surface area contributed by atoms with Crippen LogP contribution in [0.15, 0.2) is 64.0 Å². The third-order valence-electron chi connectivity index (χ3n) is 4.65. The number of hydrogen-bond acceptors (Lipinski definition) is 6. The van der Waals surface area contributed by atoms with E-state index in [1.807, 2.05) is 29.2 Å². The van der Waals surface area contributed by atoms with Gasteiger partial charge in [-0.1, -0.05) is 29.4 Å². The molecule has 150 valence electrons. The van der Waals surface area contributed by atoms with Crippen molar-refractivity contribution in [3.05, 3.63) is 65.2 Å². The quantitative estimate of drug-likeness (QED) is 0.515. The molecule has 4 rings (SSSR count). The fourth-order valence-corrected chi connectivity index (χ4v) is 4.08. The van der Waals surface area contributed by atoms with Crippen molar-refractivity contribution >= 4 is 29.3 Å². The molecule has 9 heteroatoms. The number of tetrazole rings is 1. The summed E-state index contributed by atoms with van der Waals surface area (Å²) in [4.78, 5) is 14.9. The Bertz CT molecular complexity index is 985. The summed E-state index contributed by atoms with van der Waals surface area (Å²) in [7, 11) is 0. The van der Waals surface area contributed by atoms with Gasteiger partial charge >= 0.3 is 0 Å². The summed E-state index contributed by atoms with van der Waals surface area (Å²) in [5.41, 5.74) is 1.85. The van der Waals surface area contributed by atoms with E-state index in [0.29, 0.717) is 16.7 Å².